The van der Waals surface area contributed by atoms with E-state index in [0.717, 1.165) is 37.2 Å². The van der Waals surface area contributed by atoms with Crippen LogP contribution in [0.15, 0.2) is 11.6 Å². The van der Waals surface area contributed by atoms with Crippen LogP contribution in [0.4, 0.5) is 26.3 Å². The molecule has 0 saturated heterocycles. The van der Waals surface area contributed by atoms with Crippen LogP contribution >= 0.6 is 0 Å². The van der Waals surface area contributed by atoms with E-state index < -0.39 is 31.7 Å². The van der Waals surface area contributed by atoms with Crippen LogP contribution in [0, 0.1) is 28.6 Å². The third kappa shape index (κ3) is 4.59. The fraction of sp³-hybridized carbons (Fsp3) is 0.840. The van der Waals surface area contributed by atoms with Gasteiger partial charge in [-0.15, -0.1) is 0 Å². The molecule has 0 heterocycles. The maximum atomic E-state index is 13.0. The first-order chi connectivity index (χ1) is 15.2. The summed E-state index contributed by atoms with van der Waals surface area (Å²) < 4.78 is 84.7. The minimum absolute atomic E-state index is 0.0662. The number of hydrogen-bond acceptors (Lipinski definition) is 2. The van der Waals surface area contributed by atoms with E-state index >= 15 is 0 Å². The van der Waals surface area contributed by atoms with E-state index in [9.17, 15) is 31.4 Å². The molecule has 194 valence electrons. The average molecular weight is 511 g/mol. The minimum Gasteiger partial charge on any atom is -0.414 e. The fourth-order valence-corrected chi connectivity index (χ4v) is 6.94. The summed E-state index contributed by atoms with van der Waals surface area (Å²) in [5, 5.41) is 9.43. The number of fused-ring (bicyclic) bond motifs is 1. The highest BCUT2D eigenvalue weighted by molar-refractivity contribution is 6.74. The molecule has 2 fully saturated rings. The van der Waals surface area contributed by atoms with Gasteiger partial charge in [0.2, 0.25) is 0 Å². The standard InChI is InChI=1S/C25H36F6O2Si/c1-20(2,3)34(5,6)33-18-9-7-12-21(4)17(18)10-11-19(21)22(15-16-22)13-8-14-23(32,24(26,27)28)25(29,30)31/h11,17-18,32H,7,9-10,12-13,15-16H2,1-6H3. The van der Waals surface area contributed by atoms with E-state index in [4.69, 9.17) is 4.43 Å². The van der Waals surface area contributed by atoms with Gasteiger partial charge in [-0.1, -0.05) is 51.7 Å². The predicted octanol–water partition coefficient (Wildman–Crippen LogP) is 7.54. The largest absolute Gasteiger partial charge is 0.438 e. The minimum atomic E-state index is -5.92. The van der Waals surface area contributed by atoms with Gasteiger partial charge in [0.15, 0.2) is 8.32 Å². The van der Waals surface area contributed by atoms with Crippen LogP contribution < -0.4 is 0 Å². The molecule has 2 nitrogen and oxygen atoms in total. The molecule has 9 heteroatoms. The Kier molecular flexibility index (Phi) is 6.72. The molecule has 3 aliphatic carbocycles. The van der Waals surface area contributed by atoms with Crippen LogP contribution in [0.1, 0.15) is 72.6 Å². The van der Waals surface area contributed by atoms with Crippen molar-refractivity contribution in [2.24, 2.45) is 16.7 Å². The molecule has 0 bridgehead atoms. The summed E-state index contributed by atoms with van der Waals surface area (Å²) in [6, 6.07) is 0. The molecule has 34 heavy (non-hydrogen) atoms. The Hall–Kier alpha value is -0.983. The molecule has 0 aromatic heterocycles. The van der Waals surface area contributed by atoms with Crippen molar-refractivity contribution in [3.8, 4) is 11.8 Å². The zero-order valence-electron chi connectivity index (χ0n) is 20.8. The normalized spacial score (nSPS) is 29.7. The van der Waals surface area contributed by atoms with Crippen molar-refractivity contribution in [2.45, 2.75) is 115 Å². The smallest absolute Gasteiger partial charge is 0.414 e. The van der Waals surface area contributed by atoms with Crippen LogP contribution in [0.25, 0.3) is 0 Å². The topological polar surface area (TPSA) is 29.5 Å². The van der Waals surface area contributed by atoms with Crippen molar-refractivity contribution in [3.05, 3.63) is 11.6 Å². The highest BCUT2D eigenvalue weighted by atomic mass is 28.4. The van der Waals surface area contributed by atoms with Crippen molar-refractivity contribution in [1.29, 1.82) is 0 Å². The van der Waals surface area contributed by atoms with Crippen LogP contribution in [0.5, 0.6) is 0 Å². The summed E-state index contributed by atoms with van der Waals surface area (Å²) in [4.78, 5) is 0. The van der Waals surface area contributed by atoms with E-state index in [2.05, 4.69) is 52.8 Å². The summed E-state index contributed by atoms with van der Waals surface area (Å²) in [7, 11) is -2.00. The molecule has 0 aromatic carbocycles. The Morgan fingerprint density at radius 3 is 2.09 bits per heavy atom. The maximum absolute atomic E-state index is 13.0. The third-order valence-corrected chi connectivity index (χ3v) is 13.3. The van der Waals surface area contributed by atoms with Gasteiger partial charge in [0.05, 0.1) is 0 Å². The molecular weight excluding hydrogens is 474 g/mol. The summed E-state index contributed by atoms with van der Waals surface area (Å²) in [5.74, 6) is 3.49. The molecule has 3 atom stereocenters. The van der Waals surface area contributed by atoms with Crippen molar-refractivity contribution in [3.63, 3.8) is 0 Å². The van der Waals surface area contributed by atoms with Crippen LogP contribution in [0.2, 0.25) is 18.1 Å². The number of rotatable bonds is 4. The fourth-order valence-electron chi connectivity index (χ4n) is 5.55. The van der Waals surface area contributed by atoms with Gasteiger partial charge in [0.1, 0.15) is 0 Å². The molecule has 0 radical (unpaired) electrons. The predicted molar refractivity (Wildman–Crippen MR) is 121 cm³/mol. The first-order valence-corrected chi connectivity index (χ1v) is 14.9. The second-order valence-electron chi connectivity index (χ2n) is 12.2. The van der Waals surface area contributed by atoms with Gasteiger partial charge in [-0.25, -0.2) is 0 Å². The highest BCUT2D eigenvalue weighted by Crippen LogP contribution is 2.67. The molecular formula is C25H36F6O2Si. The third-order valence-electron chi connectivity index (χ3n) is 8.84. The lowest BCUT2D eigenvalue weighted by atomic mass is 9.62. The van der Waals surface area contributed by atoms with Gasteiger partial charge in [0.25, 0.3) is 0 Å². The lowest BCUT2D eigenvalue weighted by Gasteiger charge is -2.49. The van der Waals surface area contributed by atoms with E-state index in [1.54, 1.807) is 0 Å². The molecule has 0 aliphatic heterocycles. The molecule has 1 N–H and O–H groups in total. The SMILES string of the molecule is CC12CCCC(O[Si](C)(C)C(C)(C)C)C1CC=C2C1(CC#CC(O)(C(F)(F)F)C(F)(F)F)CC1. The number of aliphatic hydroxyl groups is 1. The van der Waals surface area contributed by atoms with Crippen LogP contribution in [0.3, 0.4) is 0 Å². The van der Waals surface area contributed by atoms with E-state index in [-0.39, 0.29) is 28.9 Å². The maximum Gasteiger partial charge on any atom is 0.438 e. The zero-order valence-corrected chi connectivity index (χ0v) is 21.8. The number of alkyl halides is 6. The molecule has 0 amide bonds. The summed E-state index contributed by atoms with van der Waals surface area (Å²) >= 11 is 0. The molecule has 0 spiro atoms. The lowest BCUT2D eigenvalue weighted by Crippen LogP contribution is -2.55. The van der Waals surface area contributed by atoms with Crippen molar-refractivity contribution in [2.75, 3.05) is 0 Å². The van der Waals surface area contributed by atoms with E-state index in [1.165, 1.54) is 0 Å². The van der Waals surface area contributed by atoms with Gasteiger partial charge in [-0.05, 0) is 67.5 Å². The number of allylic oxidation sites excluding steroid dienone is 2. The van der Waals surface area contributed by atoms with Gasteiger partial charge < -0.3 is 9.53 Å². The van der Waals surface area contributed by atoms with E-state index in [1.807, 2.05) is 0 Å². The summed E-state index contributed by atoms with van der Waals surface area (Å²) in [6.45, 7) is 13.2. The molecule has 2 saturated carbocycles. The van der Waals surface area contributed by atoms with Crippen LogP contribution in [-0.4, -0.2) is 37.5 Å². The Balaban J connectivity index is 1.82. The second kappa shape index (κ2) is 8.27. The molecule has 3 rings (SSSR count). The Bertz CT molecular complexity index is 868. The zero-order chi connectivity index (χ0) is 26.0. The highest BCUT2D eigenvalue weighted by Gasteiger charge is 2.70. The van der Waals surface area contributed by atoms with Gasteiger partial charge >= 0.3 is 18.0 Å². The molecule has 3 aliphatic rings. The molecule has 3 unspecified atom stereocenters. The lowest BCUT2D eigenvalue weighted by molar-refractivity contribution is -0.343. The quantitative estimate of drug-likeness (QED) is 0.183. The number of halogens is 6. The Morgan fingerprint density at radius 2 is 1.62 bits per heavy atom. The van der Waals surface area contributed by atoms with Crippen LogP contribution in [-0.2, 0) is 4.43 Å². The Morgan fingerprint density at radius 1 is 1.06 bits per heavy atom. The first kappa shape index (κ1) is 27.6. The van der Waals surface area contributed by atoms with E-state index in [0.29, 0.717) is 12.8 Å². The van der Waals surface area contributed by atoms with Crippen molar-refractivity contribution < 1.29 is 35.9 Å². The first-order valence-electron chi connectivity index (χ1n) is 12.0. The van der Waals surface area contributed by atoms with Crippen molar-refractivity contribution >= 4 is 8.32 Å². The van der Waals surface area contributed by atoms with Gasteiger partial charge in [-0.3, -0.25) is 0 Å². The van der Waals surface area contributed by atoms with Gasteiger partial charge in [0, 0.05) is 17.9 Å². The Labute approximate surface area is 199 Å². The monoisotopic (exact) mass is 510 g/mol. The summed E-state index contributed by atoms with van der Waals surface area (Å²) in [5.41, 5.74) is -4.61. The number of hydrogen-bond donors (Lipinski definition) is 1. The average Bonchev–Trinajstić information content (AvgIpc) is 3.32. The van der Waals surface area contributed by atoms with Gasteiger partial charge in [-0.2, -0.15) is 26.3 Å². The second-order valence-corrected chi connectivity index (χ2v) is 16.9. The summed E-state index contributed by atoms with van der Waals surface area (Å²) in [6.07, 6.45) is -4.71. The molecule has 0 aromatic rings. The van der Waals surface area contributed by atoms with Crippen molar-refractivity contribution in [1.82, 2.24) is 0 Å².